The fourth-order valence-corrected chi connectivity index (χ4v) is 6.30. The molecule has 0 radical (unpaired) electrons. The van der Waals surface area contributed by atoms with Crippen molar-refractivity contribution < 1.29 is 19.1 Å². The number of ether oxygens (including phenoxy) is 2. The first-order chi connectivity index (χ1) is 18.7. The lowest BCUT2D eigenvalue weighted by molar-refractivity contribution is -0.134. The average molecular weight is 531 g/mol. The van der Waals surface area contributed by atoms with Crippen molar-refractivity contribution in [2.45, 2.75) is 111 Å². The summed E-state index contributed by atoms with van der Waals surface area (Å²) in [4.78, 5) is 26.3. The molecule has 1 aliphatic carbocycles. The van der Waals surface area contributed by atoms with E-state index in [0.717, 1.165) is 53.7 Å². The van der Waals surface area contributed by atoms with Crippen molar-refractivity contribution in [3.05, 3.63) is 64.7 Å². The number of benzene rings is 2. The molecule has 2 aromatic carbocycles. The van der Waals surface area contributed by atoms with E-state index >= 15 is 0 Å². The van der Waals surface area contributed by atoms with Crippen molar-refractivity contribution in [2.24, 2.45) is 11.8 Å². The van der Waals surface area contributed by atoms with Gasteiger partial charge in [-0.1, -0.05) is 83.7 Å². The lowest BCUT2D eigenvalue weighted by Gasteiger charge is -2.36. The van der Waals surface area contributed by atoms with E-state index in [1.165, 1.54) is 24.8 Å². The first kappa shape index (κ1) is 29.1. The fraction of sp³-hybridized carbons (Fsp3) is 0.543. The van der Waals surface area contributed by atoms with Crippen molar-refractivity contribution in [3.63, 3.8) is 0 Å². The summed E-state index contributed by atoms with van der Waals surface area (Å²) >= 11 is 0. The number of esters is 1. The molecule has 39 heavy (non-hydrogen) atoms. The van der Waals surface area contributed by atoms with Crippen LogP contribution in [-0.4, -0.2) is 17.4 Å². The molecule has 0 spiro atoms. The Kier molecular flexibility index (Phi) is 9.35. The van der Waals surface area contributed by atoms with Gasteiger partial charge in [-0.05, 0) is 79.7 Å². The molecule has 210 valence electrons. The van der Waals surface area contributed by atoms with Gasteiger partial charge in [-0.2, -0.15) is 0 Å². The van der Waals surface area contributed by atoms with Gasteiger partial charge in [-0.25, -0.2) is 0 Å². The number of aryl methyl sites for hydroxylation is 1. The largest absolute Gasteiger partial charge is 0.482 e. The molecule has 0 amide bonds. The lowest BCUT2D eigenvalue weighted by Crippen LogP contribution is -2.36. The number of rotatable bonds is 12. The molecule has 4 nitrogen and oxygen atoms in total. The van der Waals surface area contributed by atoms with Gasteiger partial charge in [-0.3, -0.25) is 9.59 Å². The molecule has 0 bridgehead atoms. The summed E-state index contributed by atoms with van der Waals surface area (Å²) in [5.74, 6) is 2.10. The molecule has 3 atom stereocenters. The average Bonchev–Trinajstić information content (AvgIpc) is 3.25. The molecule has 0 saturated carbocycles. The summed E-state index contributed by atoms with van der Waals surface area (Å²) in [6, 6.07) is 14.4. The topological polar surface area (TPSA) is 52.6 Å². The van der Waals surface area contributed by atoms with Gasteiger partial charge in [0.1, 0.15) is 17.1 Å². The second-order valence-corrected chi connectivity index (χ2v) is 12.1. The van der Waals surface area contributed by atoms with Crippen LogP contribution in [0.25, 0.3) is 5.57 Å². The number of hydrogen-bond acceptors (Lipinski definition) is 4. The Morgan fingerprint density at radius 2 is 1.82 bits per heavy atom. The predicted molar refractivity (Wildman–Crippen MR) is 158 cm³/mol. The lowest BCUT2D eigenvalue weighted by atomic mass is 9.80. The first-order valence-corrected chi connectivity index (χ1v) is 15.1. The van der Waals surface area contributed by atoms with E-state index in [9.17, 15) is 9.59 Å². The number of ketones is 1. The fourth-order valence-electron chi connectivity index (χ4n) is 6.30. The van der Waals surface area contributed by atoms with Crippen molar-refractivity contribution >= 4 is 17.3 Å². The Balaban J connectivity index is 1.67. The maximum atomic E-state index is 13.2. The predicted octanol–water partition coefficient (Wildman–Crippen LogP) is 8.86. The highest BCUT2D eigenvalue weighted by atomic mass is 16.5. The van der Waals surface area contributed by atoms with E-state index < -0.39 is 5.60 Å². The smallest absolute Gasteiger partial charge is 0.311 e. The monoisotopic (exact) mass is 530 g/mol. The Morgan fingerprint density at radius 3 is 2.51 bits per heavy atom. The zero-order chi connectivity index (χ0) is 28.2. The molecular weight excluding hydrogens is 484 g/mol. The van der Waals surface area contributed by atoms with Crippen LogP contribution in [0.4, 0.5) is 0 Å². The maximum absolute atomic E-state index is 13.2. The molecular formula is C35H46O4. The van der Waals surface area contributed by atoms with Crippen molar-refractivity contribution in [3.8, 4) is 11.5 Å². The van der Waals surface area contributed by atoms with Crippen LogP contribution in [-0.2, 0) is 16.0 Å². The standard InChI is InChI=1S/C35H46O4/c1-7-9-11-15-23(3)24(4)27-21-29(38-31(37)19-14-18-25-16-12-10-13-17-25)33-30(22-27)39-35(5,6)34-28(36)20-26(8-2)32(33)34/h10,12-13,16-17,21-24,26H,7-9,11,14-15,18-20H2,1-6H3. The van der Waals surface area contributed by atoms with Crippen LogP contribution in [0.15, 0.2) is 48.0 Å². The molecule has 0 aromatic heterocycles. The number of unbranched alkanes of at least 4 members (excludes halogenated alkanes) is 2. The van der Waals surface area contributed by atoms with Gasteiger partial charge in [0.15, 0.2) is 5.78 Å². The summed E-state index contributed by atoms with van der Waals surface area (Å²) in [6.45, 7) is 12.9. The SMILES string of the molecule is CCCCCC(C)C(C)c1cc(OC(=O)CCCc2ccccc2)c2c(c1)OC(C)(C)C1=C2C(CC)CC1=O. The third kappa shape index (κ3) is 6.48. The molecule has 0 saturated heterocycles. The van der Waals surface area contributed by atoms with E-state index in [1.54, 1.807) is 0 Å². The number of carbonyl (C=O) groups is 2. The first-order valence-electron chi connectivity index (χ1n) is 15.1. The van der Waals surface area contributed by atoms with Crippen LogP contribution in [0.5, 0.6) is 11.5 Å². The molecule has 4 heteroatoms. The minimum atomic E-state index is -0.713. The number of allylic oxidation sites excluding steroid dienone is 1. The van der Waals surface area contributed by atoms with Gasteiger partial charge in [0, 0.05) is 18.4 Å². The van der Waals surface area contributed by atoms with E-state index in [0.29, 0.717) is 24.5 Å². The van der Waals surface area contributed by atoms with Crippen LogP contribution in [0.2, 0.25) is 0 Å². The summed E-state index contributed by atoms with van der Waals surface area (Å²) in [5.41, 5.74) is 4.22. The number of hydrogen-bond donors (Lipinski definition) is 0. The number of carbonyl (C=O) groups excluding carboxylic acids is 2. The van der Waals surface area contributed by atoms with Gasteiger partial charge >= 0.3 is 5.97 Å². The molecule has 0 N–H and O–H groups in total. The molecule has 0 fully saturated rings. The van der Waals surface area contributed by atoms with Crippen molar-refractivity contribution in [2.75, 3.05) is 0 Å². The molecule has 2 aliphatic rings. The molecule has 1 aliphatic heterocycles. The Morgan fingerprint density at radius 1 is 1.08 bits per heavy atom. The van der Waals surface area contributed by atoms with E-state index in [2.05, 4.69) is 52.0 Å². The maximum Gasteiger partial charge on any atom is 0.311 e. The second kappa shape index (κ2) is 12.5. The molecule has 1 heterocycles. The third-order valence-corrected chi connectivity index (χ3v) is 8.76. The normalized spacial score (nSPS) is 19.2. The highest BCUT2D eigenvalue weighted by molar-refractivity contribution is 6.11. The second-order valence-electron chi connectivity index (χ2n) is 12.1. The van der Waals surface area contributed by atoms with Crippen molar-refractivity contribution in [1.82, 2.24) is 0 Å². The Labute approximate surface area is 235 Å². The van der Waals surface area contributed by atoms with Crippen LogP contribution < -0.4 is 9.47 Å². The summed E-state index contributed by atoms with van der Waals surface area (Å²) in [6.07, 6.45) is 8.08. The Hall–Kier alpha value is -2.88. The van der Waals surface area contributed by atoms with Crippen LogP contribution in [0, 0.1) is 11.8 Å². The molecule has 4 rings (SSSR count). The zero-order valence-corrected chi connectivity index (χ0v) is 24.8. The Bertz CT molecular complexity index is 1210. The van der Waals surface area contributed by atoms with Gasteiger partial charge < -0.3 is 9.47 Å². The van der Waals surface area contributed by atoms with Gasteiger partial charge in [-0.15, -0.1) is 0 Å². The third-order valence-electron chi connectivity index (χ3n) is 8.76. The highest BCUT2D eigenvalue weighted by Crippen LogP contribution is 2.54. The van der Waals surface area contributed by atoms with Crippen LogP contribution in [0.3, 0.4) is 0 Å². The minimum absolute atomic E-state index is 0.112. The van der Waals surface area contributed by atoms with Gasteiger partial charge in [0.05, 0.1) is 5.56 Å². The zero-order valence-electron chi connectivity index (χ0n) is 24.8. The summed E-state index contributed by atoms with van der Waals surface area (Å²) in [5, 5.41) is 0. The summed E-state index contributed by atoms with van der Waals surface area (Å²) < 4.78 is 12.7. The van der Waals surface area contributed by atoms with Crippen LogP contribution in [0.1, 0.15) is 116 Å². The summed E-state index contributed by atoms with van der Waals surface area (Å²) in [7, 11) is 0. The quantitative estimate of drug-likeness (QED) is 0.156. The van der Waals surface area contributed by atoms with Crippen LogP contribution >= 0.6 is 0 Å². The number of Topliss-reactive ketones (excluding diaryl/α,β-unsaturated/α-hetero) is 1. The van der Waals surface area contributed by atoms with E-state index in [4.69, 9.17) is 9.47 Å². The van der Waals surface area contributed by atoms with E-state index in [-0.39, 0.29) is 23.6 Å². The van der Waals surface area contributed by atoms with Crippen molar-refractivity contribution in [1.29, 1.82) is 0 Å². The number of fused-ring (bicyclic) bond motifs is 2. The minimum Gasteiger partial charge on any atom is -0.482 e. The van der Waals surface area contributed by atoms with E-state index in [1.807, 2.05) is 32.0 Å². The molecule has 2 aromatic rings. The van der Waals surface area contributed by atoms with Gasteiger partial charge in [0.2, 0.25) is 0 Å². The van der Waals surface area contributed by atoms with Gasteiger partial charge in [0.25, 0.3) is 0 Å². The molecule has 3 unspecified atom stereocenters. The highest BCUT2D eigenvalue weighted by Gasteiger charge is 2.47.